The Kier molecular flexibility index (Phi) is 11.3. The number of ether oxygens (including phenoxy) is 2. The number of nitrogens with zero attached hydrogens (tertiary/aromatic N) is 1. The Morgan fingerprint density at radius 3 is 2.30 bits per heavy atom. The summed E-state index contributed by atoms with van der Waals surface area (Å²) in [5.41, 5.74) is 2.49. The molecule has 0 aromatic heterocycles. The number of hydrogen-bond acceptors (Lipinski definition) is 3. The molecule has 0 aliphatic rings. The maximum absolute atomic E-state index is 5.27. The molecule has 0 aliphatic heterocycles. The minimum Gasteiger partial charge on any atom is -0.497 e. The molecule has 0 saturated carbocycles. The SMILES string of the molecule is CCNC(=NCCc1ccc(OC)cc1)NCCc1cccc(OC)c1.I. The van der Waals surface area contributed by atoms with Crippen molar-refractivity contribution in [1.29, 1.82) is 0 Å². The predicted octanol–water partition coefficient (Wildman–Crippen LogP) is 3.66. The first-order valence-corrected chi connectivity index (χ1v) is 9.03. The Balaban J connectivity index is 0.00000364. The Bertz CT molecular complexity index is 690. The van der Waals surface area contributed by atoms with Gasteiger partial charge in [-0.05, 0) is 55.2 Å². The predicted molar refractivity (Wildman–Crippen MR) is 123 cm³/mol. The highest BCUT2D eigenvalue weighted by Crippen LogP contribution is 2.13. The quantitative estimate of drug-likeness (QED) is 0.325. The van der Waals surface area contributed by atoms with Crippen molar-refractivity contribution in [2.45, 2.75) is 19.8 Å². The van der Waals surface area contributed by atoms with E-state index in [2.05, 4.69) is 46.8 Å². The molecule has 2 N–H and O–H groups in total. The minimum atomic E-state index is 0. The Labute approximate surface area is 179 Å². The van der Waals surface area contributed by atoms with E-state index in [1.54, 1.807) is 14.2 Å². The van der Waals surface area contributed by atoms with Crippen molar-refractivity contribution in [2.24, 2.45) is 4.99 Å². The molecule has 148 valence electrons. The van der Waals surface area contributed by atoms with E-state index in [4.69, 9.17) is 9.47 Å². The van der Waals surface area contributed by atoms with Crippen LogP contribution in [0, 0.1) is 0 Å². The molecule has 6 heteroatoms. The molecular formula is C21H30IN3O2. The molecule has 0 aliphatic carbocycles. The second kappa shape index (κ2) is 13.2. The van der Waals surface area contributed by atoms with E-state index in [1.807, 2.05) is 24.3 Å². The van der Waals surface area contributed by atoms with Crippen LogP contribution in [0.4, 0.5) is 0 Å². The summed E-state index contributed by atoms with van der Waals surface area (Å²) >= 11 is 0. The lowest BCUT2D eigenvalue weighted by Gasteiger charge is -2.12. The van der Waals surface area contributed by atoms with Gasteiger partial charge in [-0.15, -0.1) is 24.0 Å². The van der Waals surface area contributed by atoms with Gasteiger partial charge in [-0.25, -0.2) is 0 Å². The monoisotopic (exact) mass is 483 g/mol. The highest BCUT2D eigenvalue weighted by Gasteiger charge is 2.00. The summed E-state index contributed by atoms with van der Waals surface area (Å²) in [7, 11) is 3.37. The molecule has 0 fully saturated rings. The molecule has 0 saturated heterocycles. The van der Waals surface area contributed by atoms with Crippen LogP contribution in [0.5, 0.6) is 11.5 Å². The van der Waals surface area contributed by atoms with E-state index < -0.39 is 0 Å². The fourth-order valence-corrected chi connectivity index (χ4v) is 2.58. The van der Waals surface area contributed by atoms with Crippen molar-refractivity contribution in [3.8, 4) is 11.5 Å². The normalized spacial score (nSPS) is 10.7. The zero-order valence-electron chi connectivity index (χ0n) is 16.3. The molecule has 2 aromatic rings. The summed E-state index contributed by atoms with van der Waals surface area (Å²) in [5, 5.41) is 6.68. The van der Waals surface area contributed by atoms with Crippen LogP contribution in [0.25, 0.3) is 0 Å². The summed E-state index contributed by atoms with van der Waals surface area (Å²) in [5.74, 6) is 2.62. The molecule has 0 spiro atoms. The molecule has 2 rings (SSSR count). The lowest BCUT2D eigenvalue weighted by Crippen LogP contribution is -2.38. The molecule has 0 radical (unpaired) electrons. The van der Waals surface area contributed by atoms with Crippen molar-refractivity contribution in [3.05, 3.63) is 59.7 Å². The topological polar surface area (TPSA) is 54.9 Å². The Morgan fingerprint density at radius 2 is 1.63 bits per heavy atom. The number of nitrogens with one attached hydrogen (secondary N) is 2. The van der Waals surface area contributed by atoms with Crippen LogP contribution in [0.2, 0.25) is 0 Å². The zero-order chi connectivity index (χ0) is 18.6. The number of aliphatic imine (C=N–C) groups is 1. The van der Waals surface area contributed by atoms with Crippen molar-refractivity contribution < 1.29 is 9.47 Å². The smallest absolute Gasteiger partial charge is 0.191 e. The number of benzene rings is 2. The van der Waals surface area contributed by atoms with Gasteiger partial charge in [0.1, 0.15) is 11.5 Å². The molecule has 0 unspecified atom stereocenters. The maximum Gasteiger partial charge on any atom is 0.191 e. The summed E-state index contributed by atoms with van der Waals surface area (Å²) in [6.07, 6.45) is 1.82. The van der Waals surface area contributed by atoms with E-state index in [0.717, 1.165) is 49.9 Å². The van der Waals surface area contributed by atoms with E-state index in [0.29, 0.717) is 0 Å². The molecule has 27 heavy (non-hydrogen) atoms. The Hall–Kier alpha value is -1.96. The summed E-state index contributed by atoms with van der Waals surface area (Å²) in [6.45, 7) is 4.47. The van der Waals surface area contributed by atoms with E-state index >= 15 is 0 Å². The summed E-state index contributed by atoms with van der Waals surface area (Å²) < 4.78 is 10.4. The standard InChI is InChI=1S/C21H29N3O2.HI/c1-4-22-21(23-14-12-17-8-10-19(25-2)11-9-17)24-15-13-18-6-5-7-20(16-18)26-3;/h5-11,16H,4,12-15H2,1-3H3,(H2,22,23,24);1H. The number of rotatable bonds is 9. The molecule has 2 aromatic carbocycles. The molecule has 0 heterocycles. The van der Waals surface area contributed by atoms with Gasteiger partial charge < -0.3 is 20.1 Å². The van der Waals surface area contributed by atoms with Crippen LogP contribution in [0.1, 0.15) is 18.1 Å². The second-order valence-electron chi connectivity index (χ2n) is 5.89. The van der Waals surface area contributed by atoms with Gasteiger partial charge in [0.2, 0.25) is 0 Å². The number of halogens is 1. The number of guanidine groups is 1. The van der Waals surface area contributed by atoms with Crippen molar-refractivity contribution >= 4 is 29.9 Å². The van der Waals surface area contributed by atoms with Crippen molar-refractivity contribution in [1.82, 2.24) is 10.6 Å². The molecule has 5 nitrogen and oxygen atoms in total. The van der Waals surface area contributed by atoms with Crippen LogP contribution >= 0.6 is 24.0 Å². The van der Waals surface area contributed by atoms with Crippen LogP contribution in [0.15, 0.2) is 53.5 Å². The highest BCUT2D eigenvalue weighted by atomic mass is 127. The van der Waals surface area contributed by atoms with Gasteiger partial charge in [-0.1, -0.05) is 24.3 Å². The fraction of sp³-hybridized carbons (Fsp3) is 0.381. The lowest BCUT2D eigenvalue weighted by atomic mass is 10.1. The fourth-order valence-electron chi connectivity index (χ4n) is 2.58. The lowest BCUT2D eigenvalue weighted by molar-refractivity contribution is 0.414. The largest absolute Gasteiger partial charge is 0.497 e. The number of hydrogen-bond donors (Lipinski definition) is 2. The van der Waals surface area contributed by atoms with Crippen LogP contribution in [-0.2, 0) is 12.8 Å². The van der Waals surface area contributed by atoms with Crippen LogP contribution in [0.3, 0.4) is 0 Å². The van der Waals surface area contributed by atoms with Crippen LogP contribution in [-0.4, -0.2) is 39.8 Å². The van der Waals surface area contributed by atoms with Gasteiger partial charge >= 0.3 is 0 Å². The third-order valence-electron chi connectivity index (χ3n) is 4.01. The summed E-state index contributed by atoms with van der Waals surface area (Å²) in [6, 6.07) is 16.3. The molecule has 0 bridgehead atoms. The van der Waals surface area contributed by atoms with Gasteiger partial charge in [-0.2, -0.15) is 0 Å². The first kappa shape index (κ1) is 23.1. The molecular weight excluding hydrogens is 453 g/mol. The average Bonchev–Trinajstić information content (AvgIpc) is 2.68. The van der Waals surface area contributed by atoms with E-state index in [1.165, 1.54) is 11.1 Å². The first-order chi connectivity index (χ1) is 12.7. The minimum absolute atomic E-state index is 0. The number of methoxy groups -OCH3 is 2. The van der Waals surface area contributed by atoms with Crippen molar-refractivity contribution in [3.63, 3.8) is 0 Å². The van der Waals surface area contributed by atoms with Crippen molar-refractivity contribution in [2.75, 3.05) is 33.9 Å². The van der Waals surface area contributed by atoms with E-state index in [-0.39, 0.29) is 24.0 Å². The van der Waals surface area contributed by atoms with Gasteiger partial charge in [0.15, 0.2) is 5.96 Å². The van der Waals surface area contributed by atoms with Gasteiger partial charge in [-0.3, -0.25) is 4.99 Å². The molecule has 0 amide bonds. The van der Waals surface area contributed by atoms with Crippen LogP contribution < -0.4 is 20.1 Å². The maximum atomic E-state index is 5.27. The third-order valence-corrected chi connectivity index (χ3v) is 4.01. The van der Waals surface area contributed by atoms with Gasteiger partial charge in [0.05, 0.1) is 14.2 Å². The van der Waals surface area contributed by atoms with Gasteiger partial charge in [0, 0.05) is 19.6 Å². The zero-order valence-corrected chi connectivity index (χ0v) is 18.7. The second-order valence-corrected chi connectivity index (χ2v) is 5.89. The van der Waals surface area contributed by atoms with Gasteiger partial charge in [0.25, 0.3) is 0 Å². The third kappa shape index (κ3) is 8.51. The highest BCUT2D eigenvalue weighted by molar-refractivity contribution is 14.0. The van der Waals surface area contributed by atoms with E-state index in [9.17, 15) is 0 Å². The summed E-state index contributed by atoms with van der Waals surface area (Å²) in [4.78, 5) is 4.65. The first-order valence-electron chi connectivity index (χ1n) is 9.03. The Morgan fingerprint density at radius 1 is 0.889 bits per heavy atom. The molecule has 0 atom stereocenters. The average molecular weight is 483 g/mol.